The van der Waals surface area contributed by atoms with Crippen LogP contribution < -0.4 is 4.74 Å². The van der Waals surface area contributed by atoms with Gasteiger partial charge in [-0.15, -0.1) is 0 Å². The van der Waals surface area contributed by atoms with Gasteiger partial charge in [0, 0.05) is 16.5 Å². The van der Waals surface area contributed by atoms with Gasteiger partial charge in [0.2, 0.25) is 0 Å². The number of hydrogen-bond donors (Lipinski definition) is 0. The highest BCUT2D eigenvalue weighted by atomic mass is 32.1. The van der Waals surface area contributed by atoms with Crippen LogP contribution in [0.4, 0.5) is 0 Å². The second-order valence-electron chi connectivity index (χ2n) is 3.98. The summed E-state index contributed by atoms with van der Waals surface area (Å²) in [6.45, 7) is 3.91. The van der Waals surface area contributed by atoms with Gasteiger partial charge in [-0.05, 0) is 48.6 Å². The molecule has 0 saturated heterocycles. The molecule has 1 aromatic carbocycles. The number of methoxy groups -OCH3 is 1. The van der Waals surface area contributed by atoms with Crippen LogP contribution in [0, 0.1) is 13.8 Å². The van der Waals surface area contributed by atoms with Crippen LogP contribution in [0.3, 0.4) is 0 Å². The van der Waals surface area contributed by atoms with Crippen LogP contribution in [0.1, 0.15) is 27.0 Å². The van der Waals surface area contributed by atoms with E-state index in [-0.39, 0.29) is 5.78 Å². The topological polar surface area (TPSA) is 26.3 Å². The summed E-state index contributed by atoms with van der Waals surface area (Å²) < 4.78 is 5.29. The Balaban J connectivity index is 2.44. The fourth-order valence-corrected chi connectivity index (χ4v) is 2.60. The molecule has 0 bridgehead atoms. The first kappa shape index (κ1) is 11.9. The zero-order chi connectivity index (χ0) is 12.4. The maximum atomic E-state index is 12.2. The number of benzene rings is 1. The van der Waals surface area contributed by atoms with E-state index in [4.69, 9.17) is 4.74 Å². The summed E-state index contributed by atoms with van der Waals surface area (Å²) in [4.78, 5) is 12.2. The maximum absolute atomic E-state index is 12.2. The molecule has 0 radical (unpaired) electrons. The van der Waals surface area contributed by atoms with Crippen molar-refractivity contribution in [1.29, 1.82) is 0 Å². The number of rotatable bonds is 3. The van der Waals surface area contributed by atoms with Crippen molar-refractivity contribution in [2.24, 2.45) is 0 Å². The van der Waals surface area contributed by atoms with Crippen LogP contribution in [0.25, 0.3) is 0 Å². The van der Waals surface area contributed by atoms with E-state index < -0.39 is 0 Å². The van der Waals surface area contributed by atoms with E-state index in [0.29, 0.717) is 0 Å². The van der Waals surface area contributed by atoms with Gasteiger partial charge in [0.25, 0.3) is 0 Å². The molecule has 2 aromatic rings. The van der Waals surface area contributed by atoms with Gasteiger partial charge in [-0.1, -0.05) is 0 Å². The number of aryl methyl sites for hydroxylation is 2. The van der Waals surface area contributed by atoms with Crippen molar-refractivity contribution in [2.45, 2.75) is 13.8 Å². The largest absolute Gasteiger partial charge is 0.496 e. The molecule has 0 N–H and O–H groups in total. The van der Waals surface area contributed by atoms with Crippen molar-refractivity contribution in [3.05, 3.63) is 51.2 Å². The molecule has 0 unspecified atom stereocenters. The second-order valence-corrected chi connectivity index (χ2v) is 4.76. The molecule has 3 heteroatoms. The first-order valence-corrected chi connectivity index (χ1v) is 6.30. The summed E-state index contributed by atoms with van der Waals surface area (Å²) in [5.74, 6) is 0.923. The monoisotopic (exact) mass is 246 g/mol. The minimum atomic E-state index is 0.0695. The van der Waals surface area contributed by atoms with Gasteiger partial charge >= 0.3 is 0 Å². The van der Waals surface area contributed by atoms with Crippen LogP contribution in [0.2, 0.25) is 0 Å². The van der Waals surface area contributed by atoms with Gasteiger partial charge in [-0.25, -0.2) is 0 Å². The summed E-state index contributed by atoms with van der Waals surface area (Å²) in [6.07, 6.45) is 0. The fraction of sp³-hybridized carbons (Fsp3) is 0.214. The van der Waals surface area contributed by atoms with E-state index in [1.54, 1.807) is 7.11 Å². The van der Waals surface area contributed by atoms with Gasteiger partial charge < -0.3 is 4.74 Å². The molecule has 2 rings (SSSR count). The Labute approximate surface area is 105 Å². The molecule has 0 aliphatic carbocycles. The Morgan fingerprint density at radius 1 is 1.18 bits per heavy atom. The third kappa shape index (κ3) is 2.24. The molecule has 17 heavy (non-hydrogen) atoms. The average molecular weight is 246 g/mol. The first-order valence-electron chi connectivity index (χ1n) is 5.35. The summed E-state index contributed by atoms with van der Waals surface area (Å²) in [5.41, 5.74) is 3.45. The summed E-state index contributed by atoms with van der Waals surface area (Å²) >= 11 is 1.53. The van der Waals surface area contributed by atoms with Crippen LogP contribution in [-0.4, -0.2) is 12.9 Å². The van der Waals surface area contributed by atoms with Crippen molar-refractivity contribution in [3.63, 3.8) is 0 Å². The minimum Gasteiger partial charge on any atom is -0.496 e. The van der Waals surface area contributed by atoms with Gasteiger partial charge in [0.05, 0.1) is 7.11 Å². The molecule has 0 spiro atoms. The normalized spacial score (nSPS) is 10.3. The molecule has 2 nitrogen and oxygen atoms in total. The molecule has 1 heterocycles. The van der Waals surface area contributed by atoms with Crippen molar-refractivity contribution in [3.8, 4) is 5.75 Å². The molecule has 0 saturated carbocycles. The Bertz CT molecular complexity index is 518. The molecular formula is C14H14O2S. The van der Waals surface area contributed by atoms with Crippen molar-refractivity contribution in [2.75, 3.05) is 7.11 Å². The Morgan fingerprint density at radius 3 is 2.29 bits per heavy atom. The predicted octanol–water partition coefficient (Wildman–Crippen LogP) is 3.60. The first-order chi connectivity index (χ1) is 8.13. The number of carbonyl (C=O) groups is 1. The number of thiophene rings is 1. The van der Waals surface area contributed by atoms with Gasteiger partial charge in [0.1, 0.15) is 5.75 Å². The van der Waals surface area contributed by atoms with E-state index in [9.17, 15) is 4.79 Å². The molecule has 88 valence electrons. The smallest absolute Gasteiger partial charge is 0.193 e. The highest BCUT2D eigenvalue weighted by molar-refractivity contribution is 7.08. The van der Waals surface area contributed by atoms with E-state index in [0.717, 1.165) is 28.0 Å². The highest BCUT2D eigenvalue weighted by Crippen LogP contribution is 2.25. The Kier molecular flexibility index (Phi) is 3.29. The number of carbonyl (C=O) groups excluding carboxylic acids is 1. The third-order valence-corrected chi connectivity index (χ3v) is 3.39. The quantitative estimate of drug-likeness (QED) is 0.773. The molecule has 0 aliphatic rings. The Morgan fingerprint density at radius 2 is 1.82 bits per heavy atom. The zero-order valence-corrected chi connectivity index (χ0v) is 10.9. The van der Waals surface area contributed by atoms with Crippen LogP contribution >= 0.6 is 11.3 Å². The SMILES string of the molecule is COc1c(C)cc(C(=O)c2ccsc2)cc1C. The molecular weight excluding hydrogens is 232 g/mol. The molecule has 0 atom stereocenters. The van der Waals surface area contributed by atoms with Crippen LogP contribution in [0.15, 0.2) is 29.0 Å². The standard InChI is InChI=1S/C14H14O2S/c1-9-6-12(7-10(2)14(9)16-3)13(15)11-4-5-17-8-11/h4-8H,1-3H3. The van der Waals surface area contributed by atoms with Gasteiger partial charge in [0.15, 0.2) is 5.78 Å². The molecule has 0 fully saturated rings. The van der Waals surface area contributed by atoms with E-state index in [1.165, 1.54) is 11.3 Å². The highest BCUT2D eigenvalue weighted by Gasteiger charge is 2.13. The van der Waals surface area contributed by atoms with Crippen LogP contribution in [0.5, 0.6) is 5.75 Å². The average Bonchev–Trinajstić information content (AvgIpc) is 2.81. The second kappa shape index (κ2) is 4.72. The minimum absolute atomic E-state index is 0.0695. The van der Waals surface area contributed by atoms with Crippen LogP contribution in [-0.2, 0) is 0 Å². The molecule has 0 aliphatic heterocycles. The van der Waals surface area contributed by atoms with E-state index >= 15 is 0 Å². The summed E-state index contributed by atoms with van der Waals surface area (Å²) in [6, 6.07) is 5.61. The van der Waals surface area contributed by atoms with Gasteiger partial charge in [-0.2, -0.15) is 11.3 Å². The van der Waals surface area contributed by atoms with Crippen molar-refractivity contribution >= 4 is 17.1 Å². The number of ether oxygens (including phenoxy) is 1. The third-order valence-electron chi connectivity index (χ3n) is 2.71. The maximum Gasteiger partial charge on any atom is 0.193 e. The lowest BCUT2D eigenvalue weighted by Crippen LogP contribution is -2.02. The van der Waals surface area contributed by atoms with Crippen molar-refractivity contribution < 1.29 is 9.53 Å². The number of ketones is 1. The molecule has 1 aromatic heterocycles. The van der Waals surface area contributed by atoms with E-state index in [2.05, 4.69) is 0 Å². The lowest BCUT2D eigenvalue weighted by Gasteiger charge is -2.10. The fourth-order valence-electron chi connectivity index (χ4n) is 1.96. The van der Waals surface area contributed by atoms with Crippen molar-refractivity contribution in [1.82, 2.24) is 0 Å². The number of hydrogen-bond acceptors (Lipinski definition) is 3. The predicted molar refractivity (Wildman–Crippen MR) is 70.2 cm³/mol. The summed E-state index contributed by atoms with van der Waals surface area (Å²) in [7, 11) is 1.65. The lowest BCUT2D eigenvalue weighted by molar-refractivity contribution is 0.103. The molecule has 0 amide bonds. The van der Waals surface area contributed by atoms with Gasteiger partial charge in [-0.3, -0.25) is 4.79 Å². The Hall–Kier alpha value is -1.61. The van der Waals surface area contributed by atoms with E-state index in [1.807, 2.05) is 42.8 Å². The zero-order valence-electron chi connectivity index (χ0n) is 10.1. The summed E-state index contributed by atoms with van der Waals surface area (Å²) in [5, 5.41) is 3.79. The lowest BCUT2D eigenvalue weighted by atomic mass is 10.00.